The van der Waals surface area contributed by atoms with Crippen molar-refractivity contribution in [3.05, 3.63) is 76.9 Å². The molecule has 3 rings (SSSR count). The zero-order chi connectivity index (χ0) is 15.3. The van der Waals surface area contributed by atoms with Crippen molar-refractivity contribution in [3.63, 3.8) is 0 Å². The van der Waals surface area contributed by atoms with Crippen LogP contribution in [0.4, 0.5) is 13.2 Å². The third-order valence-corrected chi connectivity index (χ3v) is 3.27. The monoisotopic (exact) mass is 409 g/mol. The summed E-state index contributed by atoms with van der Waals surface area (Å²) in [5, 5.41) is 0. The maximum absolute atomic E-state index is 12.5. The molecule has 0 N–H and O–H groups in total. The van der Waals surface area contributed by atoms with Gasteiger partial charge in [-0.3, -0.25) is 4.98 Å². The molecule has 0 aliphatic rings. The molecule has 0 atom stereocenters. The molecular weight excluding hydrogens is 399 g/mol. The molecular formula is C16H11BrF3FeN. The third kappa shape index (κ3) is 5.13. The number of hydrogen-bond donors (Lipinski definition) is 0. The van der Waals surface area contributed by atoms with Gasteiger partial charge in [-0.15, -0.1) is 11.6 Å². The third-order valence-electron chi connectivity index (χ3n) is 2.63. The number of rotatable bonds is 1. The minimum Gasteiger partial charge on any atom is -0.291 e. The summed E-state index contributed by atoms with van der Waals surface area (Å²) in [5.74, 6) is 0. The van der Waals surface area contributed by atoms with E-state index in [-0.39, 0.29) is 17.1 Å². The van der Waals surface area contributed by atoms with Crippen LogP contribution in [0, 0.1) is 0 Å². The summed E-state index contributed by atoms with van der Waals surface area (Å²) in [6.07, 6.45) is -4.41. The number of hydrogen-bond acceptors (Lipinski definition) is 1. The van der Waals surface area contributed by atoms with Gasteiger partial charge in [-0.2, -0.15) is 49.6 Å². The molecule has 0 unspecified atom stereocenters. The first-order valence-electron chi connectivity index (χ1n) is 6.11. The van der Waals surface area contributed by atoms with E-state index in [4.69, 9.17) is 0 Å². The Morgan fingerprint density at radius 3 is 2.09 bits per heavy atom. The van der Waals surface area contributed by atoms with Crippen LogP contribution in [-0.2, 0) is 23.2 Å². The van der Waals surface area contributed by atoms with Gasteiger partial charge in [0.2, 0.25) is 0 Å². The molecule has 1 nitrogen and oxygen atoms in total. The Morgan fingerprint density at radius 2 is 1.64 bits per heavy atom. The second-order valence-electron chi connectivity index (χ2n) is 4.16. The van der Waals surface area contributed by atoms with Crippen molar-refractivity contribution in [1.29, 1.82) is 0 Å². The molecule has 0 fully saturated rings. The van der Waals surface area contributed by atoms with Crippen LogP contribution < -0.4 is 0 Å². The van der Waals surface area contributed by atoms with E-state index in [1.165, 1.54) is 6.07 Å². The van der Waals surface area contributed by atoms with Gasteiger partial charge in [-0.1, -0.05) is 22.0 Å². The van der Waals surface area contributed by atoms with Gasteiger partial charge in [0.05, 0.1) is 0 Å². The number of nitrogens with zero attached hydrogens (tertiary/aromatic N) is 1. The Kier molecular flexibility index (Phi) is 7.07. The summed E-state index contributed by atoms with van der Waals surface area (Å²) in [5.41, 5.74) is 0.0877. The van der Waals surface area contributed by atoms with E-state index in [1.54, 1.807) is 24.3 Å². The van der Waals surface area contributed by atoms with Crippen molar-refractivity contribution in [3.8, 4) is 11.3 Å². The van der Waals surface area contributed by atoms with E-state index in [2.05, 4.69) is 20.9 Å². The zero-order valence-corrected chi connectivity index (χ0v) is 13.9. The molecule has 6 heteroatoms. The van der Waals surface area contributed by atoms with Crippen molar-refractivity contribution in [2.24, 2.45) is 0 Å². The summed E-state index contributed by atoms with van der Waals surface area (Å²) in [4.78, 5) is 3.61. The Hall–Kier alpha value is -1.36. The Balaban J connectivity index is 0.000000344. The van der Waals surface area contributed by atoms with Crippen LogP contribution in [0.5, 0.6) is 0 Å². The average molecular weight is 410 g/mol. The quantitative estimate of drug-likeness (QED) is 0.373. The number of halogens is 4. The van der Waals surface area contributed by atoms with Crippen LogP contribution in [-0.4, -0.2) is 4.98 Å². The van der Waals surface area contributed by atoms with Gasteiger partial charge in [0.25, 0.3) is 0 Å². The van der Waals surface area contributed by atoms with Crippen LogP contribution in [0.25, 0.3) is 11.3 Å². The van der Waals surface area contributed by atoms with Gasteiger partial charge in [0, 0.05) is 10.2 Å². The summed E-state index contributed by atoms with van der Waals surface area (Å²) in [7, 11) is 0. The molecule has 116 valence electrons. The Morgan fingerprint density at radius 1 is 0.955 bits per heavy atom. The minimum atomic E-state index is -4.41. The molecule has 3 aromatic rings. The van der Waals surface area contributed by atoms with Gasteiger partial charge in [0.15, 0.2) is 0 Å². The number of alkyl halides is 3. The molecule has 1 heterocycles. The van der Waals surface area contributed by atoms with Gasteiger partial charge < -0.3 is 0 Å². The largest absolute Gasteiger partial charge is 2.00 e. The molecule has 2 aromatic carbocycles. The van der Waals surface area contributed by atoms with Crippen molar-refractivity contribution in [2.75, 3.05) is 0 Å². The predicted octanol–water partition coefficient (Wildman–Crippen LogP) is 5.65. The molecule has 22 heavy (non-hydrogen) atoms. The number of pyridine rings is 1. The van der Waals surface area contributed by atoms with Crippen molar-refractivity contribution < 1.29 is 30.2 Å². The zero-order valence-electron chi connectivity index (χ0n) is 11.2. The fraction of sp³-hybridized carbons (Fsp3) is 0.0625. The molecule has 0 bridgehead atoms. The smallest absolute Gasteiger partial charge is 0.291 e. The topological polar surface area (TPSA) is 12.9 Å². The standard InChI is InChI=1S/C11H6BrF3N.C5H5.Fe/c12-8-5-6-9(11(13,14)15)16-10(8)7-3-1-2-4-7;1-2-4-5-3-1;/h1-6H;1-5H;/q2*-1;+2. The van der Waals surface area contributed by atoms with Gasteiger partial charge in [-0.25, -0.2) is 12.1 Å². The van der Waals surface area contributed by atoms with Crippen LogP contribution in [0.2, 0.25) is 0 Å². The average Bonchev–Trinajstić information content (AvgIpc) is 3.14. The first-order chi connectivity index (χ1) is 9.98. The minimum absolute atomic E-state index is 0. The van der Waals surface area contributed by atoms with Gasteiger partial charge >= 0.3 is 23.2 Å². The van der Waals surface area contributed by atoms with E-state index in [0.717, 1.165) is 6.07 Å². The number of aromatic nitrogens is 1. The van der Waals surface area contributed by atoms with E-state index < -0.39 is 11.9 Å². The summed E-state index contributed by atoms with van der Waals surface area (Å²) < 4.78 is 37.9. The SMILES string of the molecule is FC(F)(F)c1ccc(Br)c(-c2ccc[cH-]2)n1.[Fe+2].c1cc[cH-]c1. The first-order valence-corrected chi connectivity index (χ1v) is 6.90. The maximum Gasteiger partial charge on any atom is 2.00 e. The van der Waals surface area contributed by atoms with E-state index in [0.29, 0.717) is 15.7 Å². The molecule has 0 amide bonds. The predicted molar refractivity (Wildman–Crippen MR) is 80.0 cm³/mol. The Labute approximate surface area is 145 Å². The second-order valence-corrected chi connectivity index (χ2v) is 5.01. The van der Waals surface area contributed by atoms with E-state index in [9.17, 15) is 13.2 Å². The fourth-order valence-corrected chi connectivity index (χ4v) is 2.10. The summed E-state index contributed by atoms with van der Waals surface area (Å²) in [6, 6.07) is 19.3. The van der Waals surface area contributed by atoms with Crippen molar-refractivity contribution in [1.82, 2.24) is 4.98 Å². The van der Waals surface area contributed by atoms with Crippen LogP contribution in [0.1, 0.15) is 5.69 Å². The fourth-order valence-electron chi connectivity index (χ4n) is 1.66. The van der Waals surface area contributed by atoms with Gasteiger partial charge in [0.1, 0.15) is 5.69 Å². The van der Waals surface area contributed by atoms with Crippen LogP contribution in [0.3, 0.4) is 0 Å². The van der Waals surface area contributed by atoms with Crippen LogP contribution in [0.15, 0.2) is 71.2 Å². The first kappa shape index (κ1) is 18.7. The molecule has 0 saturated carbocycles. The molecule has 0 aliphatic carbocycles. The summed E-state index contributed by atoms with van der Waals surface area (Å²) in [6.45, 7) is 0. The van der Waals surface area contributed by atoms with E-state index >= 15 is 0 Å². The van der Waals surface area contributed by atoms with Crippen molar-refractivity contribution >= 4 is 15.9 Å². The molecule has 0 spiro atoms. The second kappa shape index (κ2) is 8.32. The molecule has 0 radical (unpaired) electrons. The molecule has 0 aliphatic heterocycles. The maximum atomic E-state index is 12.5. The van der Waals surface area contributed by atoms with Crippen LogP contribution >= 0.6 is 15.9 Å². The van der Waals surface area contributed by atoms with Gasteiger partial charge in [-0.05, 0) is 6.07 Å². The molecule has 0 saturated heterocycles. The van der Waals surface area contributed by atoms with Crippen molar-refractivity contribution in [2.45, 2.75) is 6.18 Å². The summed E-state index contributed by atoms with van der Waals surface area (Å²) >= 11 is 3.19. The van der Waals surface area contributed by atoms with E-state index in [1.807, 2.05) is 30.3 Å². The Bertz CT molecular complexity index is 644. The molecule has 1 aromatic heterocycles. The normalized spacial score (nSPS) is 10.4.